The van der Waals surface area contributed by atoms with Crippen molar-refractivity contribution in [2.24, 2.45) is 5.11 Å². The Bertz CT molecular complexity index is 1590. The Morgan fingerprint density at radius 3 is 2.88 bits per heavy atom. The average Bonchev–Trinajstić information content (AvgIpc) is 3.53. The van der Waals surface area contributed by atoms with Crippen molar-refractivity contribution in [1.82, 2.24) is 25.3 Å². The number of aromatic nitrogens is 4. The predicted molar refractivity (Wildman–Crippen MR) is 147 cm³/mol. The van der Waals surface area contributed by atoms with Crippen LogP contribution in [0.15, 0.2) is 53.9 Å². The molecule has 0 bridgehead atoms. The molecule has 0 radical (unpaired) electrons. The largest absolute Gasteiger partial charge is 0.489 e. The number of ether oxygens (including phenoxy) is 2. The molecular formula is C26H26ClN9O4. The van der Waals surface area contributed by atoms with Crippen molar-refractivity contribution in [3.8, 4) is 5.75 Å². The van der Waals surface area contributed by atoms with Crippen LogP contribution in [0.4, 0.5) is 5.82 Å². The van der Waals surface area contributed by atoms with Gasteiger partial charge in [0.2, 0.25) is 5.91 Å². The van der Waals surface area contributed by atoms with Gasteiger partial charge in [0.1, 0.15) is 48.3 Å². The van der Waals surface area contributed by atoms with E-state index in [0.29, 0.717) is 40.9 Å². The third-order valence-electron chi connectivity index (χ3n) is 6.64. The predicted octanol–water partition coefficient (Wildman–Crippen LogP) is 3.73. The first-order valence-electron chi connectivity index (χ1n) is 12.4. The number of benzene rings is 2. The number of aliphatic hydroxyl groups is 1. The summed E-state index contributed by atoms with van der Waals surface area (Å²) in [4.78, 5) is 31.1. The van der Waals surface area contributed by atoms with E-state index >= 15 is 0 Å². The molecule has 0 aliphatic carbocycles. The van der Waals surface area contributed by atoms with Gasteiger partial charge in [0.15, 0.2) is 11.5 Å². The lowest BCUT2D eigenvalue weighted by Gasteiger charge is -2.14. The number of amides is 1. The van der Waals surface area contributed by atoms with Gasteiger partial charge in [-0.15, -0.1) is 0 Å². The molecular weight excluding hydrogens is 538 g/mol. The number of imidazole rings is 1. The number of hydrogen-bond acceptors (Lipinski definition) is 9. The molecule has 1 aliphatic rings. The molecule has 1 saturated heterocycles. The second kappa shape index (κ2) is 11.8. The van der Waals surface area contributed by atoms with E-state index in [1.165, 1.54) is 13.4 Å². The fraction of sp³-hybridized carbons (Fsp3) is 0.308. The van der Waals surface area contributed by atoms with E-state index in [9.17, 15) is 9.90 Å². The Morgan fingerprint density at radius 2 is 2.10 bits per heavy atom. The highest BCUT2D eigenvalue weighted by Crippen LogP contribution is 2.35. The molecule has 4 atom stereocenters. The molecule has 4 aromatic rings. The van der Waals surface area contributed by atoms with Gasteiger partial charge in [-0.05, 0) is 41.8 Å². The zero-order chi connectivity index (χ0) is 28.2. The van der Waals surface area contributed by atoms with E-state index in [1.54, 1.807) is 6.07 Å². The summed E-state index contributed by atoms with van der Waals surface area (Å²) >= 11 is 6.28. The number of H-pyrrole nitrogens is 1. The van der Waals surface area contributed by atoms with Crippen LogP contribution in [0.2, 0.25) is 5.02 Å². The van der Waals surface area contributed by atoms with Crippen molar-refractivity contribution < 1.29 is 19.4 Å². The number of aromatic amines is 1. The molecule has 13 nitrogen and oxygen atoms in total. The van der Waals surface area contributed by atoms with Crippen molar-refractivity contribution in [2.75, 3.05) is 12.4 Å². The molecule has 1 fully saturated rings. The molecule has 0 unspecified atom stereocenters. The third-order valence-corrected chi connectivity index (χ3v) is 6.88. The molecule has 1 amide bonds. The summed E-state index contributed by atoms with van der Waals surface area (Å²) in [6.07, 6.45) is -2.21. The number of nitrogens with zero attached hydrogens (tertiary/aromatic N) is 6. The quantitative estimate of drug-likeness (QED) is 0.135. The maximum absolute atomic E-state index is 12.2. The minimum atomic E-state index is -1.32. The topological polar surface area (TPSA) is 183 Å². The van der Waals surface area contributed by atoms with Gasteiger partial charge in [-0.2, -0.15) is 0 Å². The summed E-state index contributed by atoms with van der Waals surface area (Å²) in [6.45, 7) is 2.76. The number of fused-ring (bicyclic) bond motifs is 1. The molecule has 40 heavy (non-hydrogen) atoms. The zero-order valence-corrected chi connectivity index (χ0v) is 22.3. The minimum absolute atomic E-state index is 0.209. The van der Waals surface area contributed by atoms with Crippen LogP contribution in [-0.2, 0) is 22.7 Å². The minimum Gasteiger partial charge on any atom is -0.489 e. The normalized spacial score (nSPS) is 20.2. The van der Waals surface area contributed by atoms with Gasteiger partial charge in [0, 0.05) is 29.1 Å². The highest BCUT2D eigenvalue weighted by Gasteiger charge is 2.48. The molecule has 0 spiro atoms. The Kier molecular flexibility index (Phi) is 7.99. The highest BCUT2D eigenvalue weighted by molar-refractivity contribution is 6.30. The second-order valence-corrected chi connectivity index (χ2v) is 9.58. The fourth-order valence-corrected chi connectivity index (χ4v) is 4.69. The summed E-state index contributed by atoms with van der Waals surface area (Å²) in [6, 6.07) is 12.3. The van der Waals surface area contributed by atoms with Crippen LogP contribution in [0.1, 0.15) is 28.6 Å². The van der Waals surface area contributed by atoms with Gasteiger partial charge >= 0.3 is 0 Å². The lowest BCUT2D eigenvalue weighted by atomic mass is 10.0. The van der Waals surface area contributed by atoms with Crippen LogP contribution in [0, 0.1) is 6.92 Å². The van der Waals surface area contributed by atoms with Crippen LogP contribution in [0.3, 0.4) is 0 Å². The molecule has 206 valence electrons. The lowest BCUT2D eigenvalue weighted by Crippen LogP contribution is -2.40. The van der Waals surface area contributed by atoms with Crippen LogP contribution in [0.25, 0.3) is 21.6 Å². The molecule has 3 heterocycles. The molecule has 2 aromatic carbocycles. The monoisotopic (exact) mass is 563 g/mol. The van der Waals surface area contributed by atoms with Crippen molar-refractivity contribution in [3.63, 3.8) is 0 Å². The molecule has 2 aromatic heterocycles. The number of carbonyl (C=O) groups excluding carboxylic acids is 1. The second-order valence-electron chi connectivity index (χ2n) is 9.14. The molecule has 14 heteroatoms. The summed E-state index contributed by atoms with van der Waals surface area (Å²) < 4.78 is 11.9. The first kappa shape index (κ1) is 27.2. The third kappa shape index (κ3) is 5.49. The standard InChI is InChI=1S/C26H26ClN9O4/c1-13-5-3-4-6-14(13)11-39-17-8-7-16(27)9-15(17)10-30-23-19-24(32-12-31-23)34-25(33-19)22-20(37)18(35-36-28)21(40-22)26(38)29-2/h3-9,12,18,20-22,37H,10-11H2,1-2H3,(H,29,38)(H2,30,31,32,33,34)/t18-,20+,21-,22-/m0/s1. The maximum Gasteiger partial charge on any atom is 0.249 e. The van der Waals surface area contributed by atoms with Crippen LogP contribution >= 0.6 is 11.6 Å². The van der Waals surface area contributed by atoms with Gasteiger partial charge < -0.3 is 30.2 Å². The molecule has 0 saturated carbocycles. The van der Waals surface area contributed by atoms with E-state index in [4.69, 9.17) is 26.6 Å². The Balaban J connectivity index is 1.37. The maximum atomic E-state index is 12.2. The molecule has 5 rings (SSSR count). The van der Waals surface area contributed by atoms with Crippen LogP contribution in [0.5, 0.6) is 5.75 Å². The van der Waals surface area contributed by atoms with E-state index in [0.717, 1.165) is 16.7 Å². The Labute approximate surface area is 233 Å². The van der Waals surface area contributed by atoms with Crippen LogP contribution in [-0.4, -0.2) is 56.2 Å². The van der Waals surface area contributed by atoms with Gasteiger partial charge in [0.25, 0.3) is 0 Å². The summed E-state index contributed by atoms with van der Waals surface area (Å²) in [5.74, 6) is 0.790. The average molecular weight is 564 g/mol. The van der Waals surface area contributed by atoms with E-state index < -0.39 is 30.3 Å². The fourth-order valence-electron chi connectivity index (χ4n) is 4.50. The smallest absolute Gasteiger partial charge is 0.249 e. The summed E-state index contributed by atoms with van der Waals surface area (Å²) in [5, 5.41) is 20.6. The van der Waals surface area contributed by atoms with Crippen molar-refractivity contribution in [1.29, 1.82) is 0 Å². The van der Waals surface area contributed by atoms with Gasteiger partial charge in [-0.25, -0.2) is 15.0 Å². The molecule has 4 N–H and O–H groups in total. The number of aryl methyl sites for hydroxylation is 1. The highest BCUT2D eigenvalue weighted by atomic mass is 35.5. The first-order valence-corrected chi connectivity index (χ1v) is 12.8. The first-order chi connectivity index (χ1) is 19.4. The summed E-state index contributed by atoms with van der Waals surface area (Å²) in [7, 11) is 1.42. The van der Waals surface area contributed by atoms with Gasteiger partial charge in [0.05, 0.1) is 6.10 Å². The SMILES string of the molecule is CNC(=O)[C@H]1O[C@H](c2nc3ncnc(NCc4cc(Cl)ccc4OCc4ccccc4C)c3[nH]2)[C@H](O)[C@@H]1N=[N+]=[N-]. The lowest BCUT2D eigenvalue weighted by molar-refractivity contribution is -0.132. The zero-order valence-electron chi connectivity index (χ0n) is 21.6. The Morgan fingerprint density at radius 1 is 1.27 bits per heavy atom. The van der Waals surface area contributed by atoms with Crippen molar-refractivity contribution in [3.05, 3.63) is 86.8 Å². The number of aliphatic hydroxyl groups excluding tert-OH is 1. The number of hydrogen-bond donors (Lipinski definition) is 4. The number of carbonyl (C=O) groups is 1. The van der Waals surface area contributed by atoms with E-state index in [2.05, 4.69) is 40.6 Å². The number of azide groups is 1. The molecule has 1 aliphatic heterocycles. The number of halogens is 1. The number of likely N-dealkylation sites (N-methyl/N-ethyl adjacent to an activating group) is 1. The number of nitrogens with one attached hydrogen (secondary N) is 3. The summed E-state index contributed by atoms with van der Waals surface area (Å²) in [5.41, 5.74) is 12.7. The number of rotatable bonds is 9. The van der Waals surface area contributed by atoms with Gasteiger partial charge in [-0.3, -0.25) is 4.79 Å². The van der Waals surface area contributed by atoms with E-state index in [-0.39, 0.29) is 5.82 Å². The van der Waals surface area contributed by atoms with Crippen molar-refractivity contribution in [2.45, 2.75) is 44.4 Å². The van der Waals surface area contributed by atoms with Crippen LogP contribution < -0.4 is 15.4 Å². The Hall–Kier alpha value is -4.42. The van der Waals surface area contributed by atoms with Gasteiger partial charge in [-0.1, -0.05) is 41.0 Å². The number of anilines is 1. The van der Waals surface area contributed by atoms with Crippen molar-refractivity contribution >= 4 is 34.5 Å². The van der Waals surface area contributed by atoms with E-state index in [1.807, 2.05) is 43.3 Å².